The van der Waals surface area contributed by atoms with E-state index in [4.69, 9.17) is 21.1 Å². The number of benzene rings is 1. The lowest BCUT2D eigenvalue weighted by Gasteiger charge is -2.22. The zero-order chi connectivity index (χ0) is 16.1. The van der Waals surface area contributed by atoms with Crippen molar-refractivity contribution in [3.8, 4) is 11.5 Å². The second kappa shape index (κ2) is 7.47. The van der Waals surface area contributed by atoms with Crippen molar-refractivity contribution in [3.05, 3.63) is 45.8 Å². The summed E-state index contributed by atoms with van der Waals surface area (Å²) in [4.78, 5) is 6.20. The van der Waals surface area contributed by atoms with Crippen LogP contribution in [0.25, 0.3) is 0 Å². The molecule has 0 atom stereocenters. The normalized spacial score (nSPS) is 16.8. The van der Waals surface area contributed by atoms with E-state index in [1.165, 1.54) is 5.01 Å². The zero-order valence-corrected chi connectivity index (χ0v) is 14.7. The largest absolute Gasteiger partial charge is 0.493 e. The Morgan fingerprint density at radius 3 is 2.59 bits per heavy atom. The fourth-order valence-corrected chi connectivity index (χ4v) is 2.46. The number of hydrogen-bond acceptors (Lipinski definition) is 5. The quantitative estimate of drug-likeness (QED) is 0.580. The van der Waals surface area contributed by atoms with Crippen LogP contribution in [-0.4, -0.2) is 31.2 Å². The number of hydrogen-bond donors (Lipinski definition) is 0. The van der Waals surface area contributed by atoms with E-state index >= 15 is 0 Å². The molecule has 1 aromatic carbocycles. The highest BCUT2D eigenvalue weighted by atomic mass is 79.9. The number of halogens is 2. The minimum Gasteiger partial charge on any atom is -0.493 e. The van der Waals surface area contributed by atoms with Crippen LogP contribution in [-0.2, 0) is 0 Å². The molecule has 0 saturated carbocycles. The zero-order valence-electron chi connectivity index (χ0n) is 12.4. The Bertz CT molecular complexity index is 683. The SMILES string of the molecule is C/C=N\N1C(Cl)=CC(c2ccc(OC)c(OC)c2)=N/C1=C\Br. The predicted octanol–water partition coefficient (Wildman–Crippen LogP) is 4.09. The topological polar surface area (TPSA) is 46.4 Å². The van der Waals surface area contributed by atoms with Gasteiger partial charge < -0.3 is 9.47 Å². The highest BCUT2D eigenvalue weighted by molar-refractivity contribution is 9.11. The van der Waals surface area contributed by atoms with Gasteiger partial charge in [0.15, 0.2) is 17.3 Å². The number of aliphatic imine (C=N–C) groups is 1. The molecule has 0 bridgehead atoms. The Balaban J connectivity index is 2.45. The van der Waals surface area contributed by atoms with Gasteiger partial charge in [-0.25, -0.2) is 10.0 Å². The third-order valence-corrected chi connectivity index (χ3v) is 3.60. The first-order valence-corrected chi connectivity index (χ1v) is 7.71. The van der Waals surface area contributed by atoms with Crippen molar-refractivity contribution in [2.45, 2.75) is 6.92 Å². The maximum absolute atomic E-state index is 6.29. The molecule has 1 heterocycles. The van der Waals surface area contributed by atoms with E-state index in [1.807, 2.05) is 25.1 Å². The maximum atomic E-state index is 6.29. The standard InChI is InChI=1S/C15H15BrClN3O2/c1-4-18-20-14(17)8-11(19-15(20)9-16)10-5-6-12(21-2)13(7-10)22-3/h4-9H,1-3H3/b15-9+,18-4-. The average Bonchev–Trinajstić information content (AvgIpc) is 2.55. The van der Waals surface area contributed by atoms with Gasteiger partial charge in [0.2, 0.25) is 0 Å². The predicted molar refractivity (Wildman–Crippen MR) is 93.0 cm³/mol. The minimum atomic E-state index is 0.448. The van der Waals surface area contributed by atoms with Crippen molar-refractivity contribution < 1.29 is 9.47 Å². The molecule has 1 aromatic rings. The first kappa shape index (κ1) is 16.6. The van der Waals surface area contributed by atoms with Gasteiger partial charge in [0.25, 0.3) is 0 Å². The molecule has 0 unspecified atom stereocenters. The van der Waals surface area contributed by atoms with E-state index in [9.17, 15) is 0 Å². The fraction of sp³-hybridized carbons (Fsp3) is 0.200. The van der Waals surface area contributed by atoms with Crippen LogP contribution in [0.1, 0.15) is 12.5 Å². The smallest absolute Gasteiger partial charge is 0.162 e. The Morgan fingerprint density at radius 2 is 2.00 bits per heavy atom. The number of rotatable bonds is 4. The van der Waals surface area contributed by atoms with Crippen LogP contribution in [0, 0.1) is 0 Å². The third kappa shape index (κ3) is 3.34. The van der Waals surface area contributed by atoms with Crippen LogP contribution in [0.2, 0.25) is 0 Å². The van der Waals surface area contributed by atoms with Gasteiger partial charge in [-0.2, -0.15) is 5.10 Å². The summed E-state index contributed by atoms with van der Waals surface area (Å²) in [7, 11) is 3.19. The van der Waals surface area contributed by atoms with Crippen LogP contribution in [0.15, 0.2) is 50.3 Å². The first-order chi connectivity index (χ1) is 10.6. The van der Waals surface area contributed by atoms with E-state index in [0.29, 0.717) is 28.2 Å². The number of ether oxygens (including phenoxy) is 2. The third-order valence-electron chi connectivity index (χ3n) is 2.92. The Kier molecular flexibility index (Phi) is 5.63. The van der Waals surface area contributed by atoms with Crippen molar-refractivity contribution in [2.75, 3.05) is 14.2 Å². The summed E-state index contributed by atoms with van der Waals surface area (Å²) >= 11 is 9.57. The molecule has 0 amide bonds. The number of methoxy groups -OCH3 is 2. The van der Waals surface area contributed by atoms with Crippen molar-refractivity contribution in [3.63, 3.8) is 0 Å². The fourth-order valence-electron chi connectivity index (χ4n) is 1.93. The van der Waals surface area contributed by atoms with Gasteiger partial charge in [0.1, 0.15) is 5.16 Å². The van der Waals surface area contributed by atoms with E-state index in [-0.39, 0.29) is 0 Å². The number of nitrogens with zero attached hydrogens (tertiary/aromatic N) is 3. The van der Waals surface area contributed by atoms with Crippen LogP contribution < -0.4 is 9.47 Å². The maximum Gasteiger partial charge on any atom is 0.162 e. The van der Waals surface area contributed by atoms with Crippen molar-refractivity contribution in [1.82, 2.24) is 5.01 Å². The minimum absolute atomic E-state index is 0.448. The number of allylic oxidation sites excluding steroid dienone is 1. The lowest BCUT2D eigenvalue weighted by Crippen LogP contribution is -2.19. The molecule has 0 fully saturated rings. The molecule has 0 aromatic heterocycles. The van der Waals surface area contributed by atoms with E-state index in [1.54, 1.807) is 31.5 Å². The van der Waals surface area contributed by atoms with Crippen LogP contribution in [0.3, 0.4) is 0 Å². The summed E-state index contributed by atoms with van der Waals surface area (Å²) in [6.07, 6.45) is 3.39. The van der Waals surface area contributed by atoms with Gasteiger partial charge >= 0.3 is 0 Å². The molecule has 22 heavy (non-hydrogen) atoms. The molecule has 0 saturated heterocycles. The molecule has 1 aliphatic rings. The molecule has 1 aliphatic heterocycles. The second-order valence-corrected chi connectivity index (χ2v) is 5.03. The first-order valence-electron chi connectivity index (χ1n) is 6.42. The van der Waals surface area contributed by atoms with Crippen molar-refractivity contribution in [1.29, 1.82) is 0 Å². The monoisotopic (exact) mass is 383 g/mol. The Hall–Kier alpha value is -1.79. The van der Waals surface area contributed by atoms with Crippen LogP contribution >= 0.6 is 27.5 Å². The number of hydrazone groups is 1. The van der Waals surface area contributed by atoms with Crippen molar-refractivity contribution >= 4 is 39.5 Å². The van der Waals surface area contributed by atoms with Gasteiger partial charge in [-0.05, 0) is 25.1 Å². The van der Waals surface area contributed by atoms with Crippen molar-refractivity contribution in [2.24, 2.45) is 10.1 Å². The summed E-state index contributed by atoms with van der Waals surface area (Å²) < 4.78 is 10.6. The van der Waals surface area contributed by atoms with Crippen LogP contribution in [0.5, 0.6) is 11.5 Å². The molecule has 7 heteroatoms. The van der Waals surface area contributed by atoms with E-state index in [2.05, 4.69) is 26.0 Å². The lowest BCUT2D eigenvalue weighted by molar-refractivity contribution is 0.355. The molecule has 0 radical (unpaired) electrons. The molecule has 0 spiro atoms. The molecule has 0 aliphatic carbocycles. The second-order valence-electron chi connectivity index (χ2n) is 4.19. The molecule has 0 N–H and O–H groups in total. The summed E-state index contributed by atoms with van der Waals surface area (Å²) in [6, 6.07) is 5.57. The van der Waals surface area contributed by atoms with E-state index in [0.717, 1.165) is 5.56 Å². The highest BCUT2D eigenvalue weighted by Gasteiger charge is 2.19. The average molecular weight is 385 g/mol. The van der Waals surface area contributed by atoms with Gasteiger partial charge in [-0.1, -0.05) is 27.5 Å². The molecular weight excluding hydrogens is 370 g/mol. The Labute approximate surface area is 142 Å². The van der Waals surface area contributed by atoms with Crippen LogP contribution in [0.4, 0.5) is 0 Å². The van der Waals surface area contributed by atoms with Gasteiger partial charge in [-0.3, -0.25) is 0 Å². The highest BCUT2D eigenvalue weighted by Crippen LogP contribution is 2.31. The molecule has 2 rings (SSSR count). The summed E-state index contributed by atoms with van der Waals surface area (Å²) in [5, 5.41) is 6.14. The van der Waals surface area contributed by atoms with Gasteiger partial charge in [0, 0.05) is 22.8 Å². The molecule has 5 nitrogen and oxygen atoms in total. The summed E-state index contributed by atoms with van der Waals surface area (Å²) in [5.74, 6) is 1.87. The van der Waals surface area contributed by atoms with Gasteiger partial charge in [0.05, 0.1) is 19.9 Å². The molecule has 116 valence electrons. The van der Waals surface area contributed by atoms with Gasteiger partial charge in [-0.15, -0.1) is 0 Å². The molecular formula is C15H15BrClN3O2. The Morgan fingerprint density at radius 1 is 1.27 bits per heavy atom. The lowest BCUT2D eigenvalue weighted by atomic mass is 10.1. The van der Waals surface area contributed by atoms with E-state index < -0.39 is 0 Å². The summed E-state index contributed by atoms with van der Waals surface area (Å²) in [5.41, 5.74) is 1.57. The summed E-state index contributed by atoms with van der Waals surface area (Å²) in [6.45, 7) is 1.81.